The molecule has 1 aromatic carbocycles. The molecule has 0 fully saturated rings. The Balaban J connectivity index is 2.36. The van der Waals surface area contributed by atoms with Gasteiger partial charge in [0.15, 0.2) is 0 Å². The van der Waals surface area contributed by atoms with Crippen molar-refractivity contribution in [3.05, 3.63) is 56.0 Å². The molecule has 0 amide bonds. The number of rotatable bonds is 6. The number of methoxy groups -OCH3 is 1. The van der Waals surface area contributed by atoms with Crippen LogP contribution < -0.4 is 5.32 Å². The molecule has 0 saturated carbocycles. The Morgan fingerprint density at radius 2 is 2.15 bits per heavy atom. The van der Waals surface area contributed by atoms with Gasteiger partial charge in [0, 0.05) is 15.7 Å². The van der Waals surface area contributed by atoms with Crippen LogP contribution in [0.1, 0.15) is 30.0 Å². The van der Waals surface area contributed by atoms with E-state index in [1.165, 1.54) is 0 Å². The molecule has 0 aliphatic rings. The van der Waals surface area contributed by atoms with Crippen LogP contribution >= 0.6 is 34.2 Å². The molecule has 1 heterocycles. The van der Waals surface area contributed by atoms with Crippen molar-refractivity contribution in [2.75, 3.05) is 13.7 Å². The third-order valence-corrected chi connectivity index (χ3v) is 4.15. The normalized spacial score (nSPS) is 12.6. The van der Waals surface area contributed by atoms with E-state index in [2.05, 4.69) is 34.8 Å². The van der Waals surface area contributed by atoms with Gasteiger partial charge in [-0.05, 0) is 65.0 Å². The van der Waals surface area contributed by atoms with Gasteiger partial charge in [-0.2, -0.15) is 0 Å². The molecular formula is C15H17ClINO2. The van der Waals surface area contributed by atoms with Crippen LogP contribution in [0.3, 0.4) is 0 Å². The highest BCUT2D eigenvalue weighted by Gasteiger charge is 2.19. The van der Waals surface area contributed by atoms with Gasteiger partial charge < -0.3 is 14.5 Å². The van der Waals surface area contributed by atoms with Gasteiger partial charge in [-0.1, -0.05) is 18.5 Å². The molecule has 5 heteroatoms. The molecule has 0 spiro atoms. The number of furan rings is 1. The van der Waals surface area contributed by atoms with Gasteiger partial charge in [0.25, 0.3) is 0 Å². The van der Waals surface area contributed by atoms with Crippen LogP contribution in [0.2, 0.25) is 5.02 Å². The van der Waals surface area contributed by atoms with Crippen molar-refractivity contribution >= 4 is 34.2 Å². The standard InChI is InChI=1S/C15H17ClINO2/c1-3-18-15(12-8-10(16)4-6-13(12)17)14-7-5-11(20-14)9-19-2/h4-8,15,18H,3,9H2,1-2H3. The minimum absolute atomic E-state index is 0.00351. The molecule has 0 radical (unpaired) electrons. The first-order chi connectivity index (χ1) is 9.65. The second-order valence-electron chi connectivity index (χ2n) is 4.39. The fraction of sp³-hybridized carbons (Fsp3) is 0.333. The highest BCUT2D eigenvalue weighted by molar-refractivity contribution is 14.1. The van der Waals surface area contributed by atoms with E-state index in [4.69, 9.17) is 20.8 Å². The van der Waals surface area contributed by atoms with Gasteiger partial charge in [-0.25, -0.2) is 0 Å². The summed E-state index contributed by atoms with van der Waals surface area (Å²) >= 11 is 8.44. The lowest BCUT2D eigenvalue weighted by Crippen LogP contribution is -2.22. The summed E-state index contributed by atoms with van der Waals surface area (Å²) in [5.41, 5.74) is 1.12. The maximum atomic E-state index is 6.12. The van der Waals surface area contributed by atoms with Gasteiger partial charge in [-0.15, -0.1) is 0 Å². The lowest BCUT2D eigenvalue weighted by molar-refractivity contribution is 0.162. The second kappa shape index (κ2) is 7.45. The Labute approximate surface area is 137 Å². The minimum Gasteiger partial charge on any atom is -0.462 e. The monoisotopic (exact) mass is 405 g/mol. The first-order valence-corrected chi connectivity index (χ1v) is 7.87. The molecule has 20 heavy (non-hydrogen) atoms. The van der Waals surface area contributed by atoms with Gasteiger partial charge in [0.2, 0.25) is 0 Å². The largest absolute Gasteiger partial charge is 0.462 e. The van der Waals surface area contributed by atoms with Gasteiger partial charge >= 0.3 is 0 Å². The summed E-state index contributed by atoms with van der Waals surface area (Å²) in [6, 6.07) is 9.82. The highest BCUT2D eigenvalue weighted by Crippen LogP contribution is 2.30. The topological polar surface area (TPSA) is 34.4 Å². The fourth-order valence-corrected chi connectivity index (χ4v) is 2.90. The molecule has 1 N–H and O–H groups in total. The Kier molecular flexibility index (Phi) is 5.89. The number of ether oxygens (including phenoxy) is 1. The zero-order valence-corrected chi connectivity index (χ0v) is 14.4. The number of benzene rings is 1. The Bertz CT molecular complexity index is 571. The summed E-state index contributed by atoms with van der Waals surface area (Å²) in [6.07, 6.45) is 0. The van der Waals surface area contributed by atoms with Gasteiger partial charge in [-0.3, -0.25) is 0 Å². The van der Waals surface area contributed by atoms with Gasteiger partial charge in [0.05, 0.1) is 6.04 Å². The Hall–Kier alpha value is -0.560. The third kappa shape index (κ3) is 3.75. The summed E-state index contributed by atoms with van der Waals surface area (Å²) in [5, 5.41) is 4.17. The van der Waals surface area contributed by atoms with E-state index in [-0.39, 0.29) is 6.04 Å². The van der Waals surface area contributed by atoms with Crippen molar-refractivity contribution in [3.63, 3.8) is 0 Å². The van der Waals surface area contributed by atoms with E-state index in [0.29, 0.717) is 6.61 Å². The predicted octanol–water partition coefficient (Wildman–Crippen LogP) is 4.38. The lowest BCUT2D eigenvalue weighted by Gasteiger charge is -2.18. The van der Waals surface area contributed by atoms with E-state index < -0.39 is 0 Å². The second-order valence-corrected chi connectivity index (χ2v) is 5.99. The van der Waals surface area contributed by atoms with Crippen molar-refractivity contribution in [2.45, 2.75) is 19.6 Å². The molecule has 3 nitrogen and oxygen atoms in total. The molecule has 1 aromatic heterocycles. The Morgan fingerprint density at radius 1 is 1.35 bits per heavy atom. The van der Waals surface area contributed by atoms with E-state index in [0.717, 1.165) is 32.2 Å². The van der Waals surface area contributed by atoms with E-state index in [9.17, 15) is 0 Å². The van der Waals surface area contributed by atoms with Crippen molar-refractivity contribution in [1.82, 2.24) is 5.32 Å². The van der Waals surface area contributed by atoms with Crippen LogP contribution in [-0.2, 0) is 11.3 Å². The van der Waals surface area contributed by atoms with Crippen LogP contribution in [0, 0.1) is 3.57 Å². The molecule has 2 aromatic rings. The molecule has 0 aliphatic heterocycles. The predicted molar refractivity (Wildman–Crippen MR) is 89.1 cm³/mol. The summed E-state index contributed by atoms with van der Waals surface area (Å²) in [6.45, 7) is 3.39. The first-order valence-electron chi connectivity index (χ1n) is 6.41. The average Bonchev–Trinajstić information content (AvgIpc) is 2.88. The summed E-state index contributed by atoms with van der Waals surface area (Å²) < 4.78 is 12.1. The molecule has 0 aliphatic carbocycles. The maximum absolute atomic E-state index is 6.12. The molecule has 108 valence electrons. The molecule has 0 bridgehead atoms. The molecular weight excluding hydrogens is 389 g/mol. The van der Waals surface area contributed by atoms with Gasteiger partial charge in [0.1, 0.15) is 18.1 Å². The molecule has 0 saturated heterocycles. The van der Waals surface area contributed by atoms with Crippen molar-refractivity contribution < 1.29 is 9.15 Å². The Morgan fingerprint density at radius 3 is 2.85 bits per heavy atom. The SMILES string of the molecule is CCNC(c1ccc(COC)o1)c1cc(Cl)ccc1I. The number of hydrogen-bond acceptors (Lipinski definition) is 3. The first kappa shape index (κ1) is 15.8. The number of halogens is 2. The zero-order chi connectivity index (χ0) is 14.5. The highest BCUT2D eigenvalue weighted by atomic mass is 127. The number of nitrogens with one attached hydrogen (secondary N) is 1. The quantitative estimate of drug-likeness (QED) is 0.724. The molecule has 1 atom stereocenters. The van der Waals surface area contributed by atoms with Crippen molar-refractivity contribution in [2.24, 2.45) is 0 Å². The number of hydrogen-bond donors (Lipinski definition) is 1. The van der Waals surface area contributed by atoms with Crippen LogP contribution in [0.5, 0.6) is 0 Å². The zero-order valence-electron chi connectivity index (χ0n) is 11.5. The molecule has 1 unspecified atom stereocenters. The fourth-order valence-electron chi connectivity index (χ4n) is 2.07. The minimum atomic E-state index is -0.00351. The summed E-state index contributed by atoms with van der Waals surface area (Å²) in [7, 11) is 1.66. The van der Waals surface area contributed by atoms with Crippen LogP contribution in [0.15, 0.2) is 34.7 Å². The van der Waals surface area contributed by atoms with E-state index >= 15 is 0 Å². The van der Waals surface area contributed by atoms with Crippen LogP contribution in [0.4, 0.5) is 0 Å². The van der Waals surface area contributed by atoms with Crippen molar-refractivity contribution in [1.29, 1.82) is 0 Å². The summed E-state index contributed by atoms with van der Waals surface area (Å²) in [5.74, 6) is 1.70. The van der Waals surface area contributed by atoms with Crippen LogP contribution in [0.25, 0.3) is 0 Å². The van der Waals surface area contributed by atoms with Crippen LogP contribution in [-0.4, -0.2) is 13.7 Å². The lowest BCUT2D eigenvalue weighted by atomic mass is 10.0. The van der Waals surface area contributed by atoms with E-state index in [1.807, 2.05) is 30.3 Å². The third-order valence-electron chi connectivity index (χ3n) is 2.93. The van der Waals surface area contributed by atoms with E-state index in [1.54, 1.807) is 7.11 Å². The average molecular weight is 406 g/mol. The maximum Gasteiger partial charge on any atom is 0.129 e. The van der Waals surface area contributed by atoms with Crippen molar-refractivity contribution in [3.8, 4) is 0 Å². The smallest absolute Gasteiger partial charge is 0.129 e. The molecule has 2 rings (SSSR count). The summed E-state index contributed by atoms with van der Waals surface area (Å²) in [4.78, 5) is 0.